The fourth-order valence-electron chi connectivity index (χ4n) is 4.03. The minimum absolute atomic E-state index is 0.118. The lowest BCUT2D eigenvalue weighted by atomic mass is 10.0. The lowest BCUT2D eigenvalue weighted by molar-refractivity contribution is -0.112. The number of halogens is 1. The number of hydrogen-bond donors (Lipinski definition) is 0. The number of fused-ring (bicyclic) bond motifs is 1. The Bertz CT molecular complexity index is 1130. The summed E-state index contributed by atoms with van der Waals surface area (Å²) >= 11 is 0. The summed E-state index contributed by atoms with van der Waals surface area (Å²) in [5.41, 5.74) is 3.67. The fourth-order valence-corrected chi connectivity index (χ4v) is 5.48. The third-order valence-electron chi connectivity index (χ3n) is 5.69. The molecule has 0 bridgehead atoms. The van der Waals surface area contributed by atoms with E-state index in [2.05, 4.69) is 0 Å². The molecule has 4 rings (SSSR count). The molecular formula is C22H24FN3O3S. The average molecular weight is 430 g/mol. The molecule has 0 aliphatic carbocycles. The summed E-state index contributed by atoms with van der Waals surface area (Å²) in [7, 11) is -1.99. The molecule has 0 atom stereocenters. The van der Waals surface area contributed by atoms with Crippen LogP contribution in [-0.4, -0.2) is 51.9 Å². The SMILES string of the molecule is CC(C)=C1C(=O)N(C)c2ccc(S(=O)(=O)N3CCN(c4ccc(F)cc4)CC3)cc21. The summed E-state index contributed by atoms with van der Waals surface area (Å²) in [5, 5.41) is 0. The second-order valence-electron chi connectivity index (χ2n) is 7.79. The number of amides is 1. The zero-order chi connectivity index (χ0) is 21.6. The third kappa shape index (κ3) is 3.40. The molecule has 8 heteroatoms. The van der Waals surface area contributed by atoms with E-state index in [-0.39, 0.29) is 16.6 Å². The number of sulfonamides is 1. The molecular weight excluding hydrogens is 405 g/mol. The van der Waals surface area contributed by atoms with Gasteiger partial charge in [-0.05, 0) is 56.3 Å². The molecule has 158 valence electrons. The van der Waals surface area contributed by atoms with E-state index < -0.39 is 10.0 Å². The number of likely N-dealkylation sites (N-methyl/N-ethyl adjacent to an activating group) is 1. The van der Waals surface area contributed by atoms with Gasteiger partial charge in [0.05, 0.1) is 10.6 Å². The minimum atomic E-state index is -3.69. The highest BCUT2D eigenvalue weighted by molar-refractivity contribution is 7.89. The first-order chi connectivity index (χ1) is 14.2. The number of hydrogen-bond acceptors (Lipinski definition) is 4. The van der Waals surface area contributed by atoms with E-state index in [1.165, 1.54) is 16.4 Å². The highest BCUT2D eigenvalue weighted by Gasteiger charge is 2.34. The topological polar surface area (TPSA) is 60.9 Å². The smallest absolute Gasteiger partial charge is 0.258 e. The van der Waals surface area contributed by atoms with Crippen LogP contribution in [0.3, 0.4) is 0 Å². The van der Waals surface area contributed by atoms with Gasteiger partial charge in [0.25, 0.3) is 5.91 Å². The fraction of sp³-hybridized carbons (Fsp3) is 0.318. The first-order valence-corrected chi connectivity index (χ1v) is 11.2. The first-order valence-electron chi connectivity index (χ1n) is 9.81. The molecule has 0 N–H and O–H groups in total. The van der Waals surface area contributed by atoms with Crippen molar-refractivity contribution in [1.82, 2.24) is 4.31 Å². The van der Waals surface area contributed by atoms with Gasteiger partial charge in [-0.15, -0.1) is 0 Å². The second-order valence-corrected chi connectivity index (χ2v) is 9.72. The van der Waals surface area contributed by atoms with E-state index in [1.807, 2.05) is 18.7 Å². The molecule has 0 unspecified atom stereocenters. The van der Waals surface area contributed by atoms with Gasteiger partial charge < -0.3 is 9.80 Å². The van der Waals surface area contributed by atoms with Crippen LogP contribution < -0.4 is 9.80 Å². The summed E-state index contributed by atoms with van der Waals surface area (Å²) in [6, 6.07) is 11.1. The Morgan fingerprint density at radius 3 is 2.20 bits per heavy atom. The number of piperazine rings is 1. The zero-order valence-corrected chi connectivity index (χ0v) is 18.0. The van der Waals surface area contributed by atoms with Crippen molar-refractivity contribution in [2.24, 2.45) is 0 Å². The average Bonchev–Trinajstić information content (AvgIpc) is 2.98. The highest BCUT2D eigenvalue weighted by atomic mass is 32.2. The Labute approximate surface area is 176 Å². The van der Waals surface area contributed by atoms with Crippen LogP contribution >= 0.6 is 0 Å². The highest BCUT2D eigenvalue weighted by Crippen LogP contribution is 2.39. The minimum Gasteiger partial charge on any atom is -0.369 e. The molecule has 2 aromatic rings. The number of benzene rings is 2. The maximum atomic E-state index is 13.3. The van der Waals surface area contributed by atoms with Crippen LogP contribution in [0.15, 0.2) is 52.9 Å². The maximum absolute atomic E-state index is 13.3. The lowest BCUT2D eigenvalue weighted by Gasteiger charge is -2.35. The molecule has 0 spiro atoms. The van der Waals surface area contributed by atoms with Gasteiger partial charge in [0.2, 0.25) is 10.0 Å². The molecule has 6 nitrogen and oxygen atoms in total. The molecule has 1 fully saturated rings. The monoisotopic (exact) mass is 429 g/mol. The van der Waals surface area contributed by atoms with E-state index in [4.69, 9.17) is 0 Å². The van der Waals surface area contributed by atoms with E-state index in [9.17, 15) is 17.6 Å². The van der Waals surface area contributed by atoms with Gasteiger partial charge in [-0.1, -0.05) is 5.57 Å². The van der Waals surface area contributed by atoms with Gasteiger partial charge in [-0.2, -0.15) is 4.31 Å². The normalized spacial score (nSPS) is 17.5. The Morgan fingerprint density at radius 2 is 1.60 bits per heavy atom. The largest absolute Gasteiger partial charge is 0.369 e. The molecule has 2 aliphatic heterocycles. The summed E-state index contributed by atoms with van der Waals surface area (Å²) in [6.07, 6.45) is 0. The van der Waals surface area contributed by atoms with E-state index in [0.29, 0.717) is 37.3 Å². The Kier molecular flexibility index (Phi) is 5.15. The molecule has 1 saturated heterocycles. The molecule has 0 saturated carbocycles. The maximum Gasteiger partial charge on any atom is 0.258 e. The Morgan fingerprint density at radius 1 is 0.967 bits per heavy atom. The number of rotatable bonds is 3. The molecule has 2 aliphatic rings. The first kappa shape index (κ1) is 20.6. The number of carbonyl (C=O) groups excluding carboxylic acids is 1. The lowest BCUT2D eigenvalue weighted by Crippen LogP contribution is -2.48. The van der Waals surface area contributed by atoms with Crippen molar-refractivity contribution in [3.63, 3.8) is 0 Å². The summed E-state index contributed by atoms with van der Waals surface area (Å²) in [5.74, 6) is -0.413. The Balaban J connectivity index is 1.58. The predicted molar refractivity (Wildman–Crippen MR) is 115 cm³/mol. The van der Waals surface area contributed by atoms with Crippen molar-refractivity contribution < 1.29 is 17.6 Å². The summed E-state index contributed by atoms with van der Waals surface area (Å²) in [6.45, 7) is 5.43. The van der Waals surface area contributed by atoms with Gasteiger partial charge in [0.1, 0.15) is 5.82 Å². The number of carbonyl (C=O) groups is 1. The third-order valence-corrected chi connectivity index (χ3v) is 7.58. The van der Waals surface area contributed by atoms with Crippen LogP contribution in [0.25, 0.3) is 5.57 Å². The van der Waals surface area contributed by atoms with Crippen molar-refractivity contribution in [3.8, 4) is 0 Å². The van der Waals surface area contributed by atoms with E-state index in [0.717, 1.165) is 16.9 Å². The van der Waals surface area contributed by atoms with E-state index in [1.54, 1.807) is 42.3 Å². The van der Waals surface area contributed by atoms with Gasteiger partial charge in [0.15, 0.2) is 0 Å². The van der Waals surface area contributed by atoms with Crippen LogP contribution in [0.1, 0.15) is 19.4 Å². The van der Waals surface area contributed by atoms with Crippen LogP contribution in [0.4, 0.5) is 15.8 Å². The van der Waals surface area contributed by atoms with Gasteiger partial charge in [-0.3, -0.25) is 4.79 Å². The number of anilines is 2. The van der Waals surface area contributed by atoms with E-state index >= 15 is 0 Å². The Hall–Kier alpha value is -2.71. The summed E-state index contributed by atoms with van der Waals surface area (Å²) < 4.78 is 41.1. The van der Waals surface area contributed by atoms with Crippen molar-refractivity contribution in [2.75, 3.05) is 43.0 Å². The molecule has 0 radical (unpaired) electrons. The predicted octanol–water partition coefficient (Wildman–Crippen LogP) is 3.11. The van der Waals surface area contributed by atoms with Gasteiger partial charge in [-0.25, -0.2) is 12.8 Å². The van der Waals surface area contributed by atoms with Crippen LogP contribution in [0, 0.1) is 5.82 Å². The molecule has 1 amide bonds. The van der Waals surface area contributed by atoms with Crippen LogP contribution in [-0.2, 0) is 14.8 Å². The number of nitrogens with zero attached hydrogens (tertiary/aromatic N) is 3. The summed E-state index contributed by atoms with van der Waals surface area (Å²) in [4.78, 5) is 16.3. The quantitative estimate of drug-likeness (QED) is 0.704. The van der Waals surface area contributed by atoms with Crippen molar-refractivity contribution in [3.05, 3.63) is 59.4 Å². The van der Waals surface area contributed by atoms with Gasteiger partial charge in [0, 0.05) is 50.1 Å². The molecule has 2 aromatic carbocycles. The standard InChI is InChI=1S/C22H24FN3O3S/c1-15(2)21-19-14-18(8-9-20(19)24(3)22(21)27)30(28,29)26-12-10-25(11-13-26)17-6-4-16(23)5-7-17/h4-9,14H,10-13H2,1-3H3. The van der Waals surface area contributed by atoms with Crippen LogP contribution in [0.5, 0.6) is 0 Å². The van der Waals surface area contributed by atoms with Gasteiger partial charge >= 0.3 is 0 Å². The van der Waals surface area contributed by atoms with Crippen LogP contribution in [0.2, 0.25) is 0 Å². The molecule has 0 aromatic heterocycles. The second kappa shape index (κ2) is 7.52. The van der Waals surface area contributed by atoms with Crippen molar-refractivity contribution >= 4 is 32.9 Å². The number of allylic oxidation sites excluding steroid dienone is 1. The molecule has 2 heterocycles. The van der Waals surface area contributed by atoms with Crippen molar-refractivity contribution in [1.29, 1.82) is 0 Å². The zero-order valence-electron chi connectivity index (χ0n) is 17.2. The molecule has 30 heavy (non-hydrogen) atoms. The van der Waals surface area contributed by atoms with Crippen molar-refractivity contribution in [2.45, 2.75) is 18.7 Å².